The highest BCUT2D eigenvalue weighted by Crippen LogP contribution is 2.55. The highest BCUT2D eigenvalue weighted by atomic mass is 16.1. The van der Waals surface area contributed by atoms with Crippen LogP contribution in [0.5, 0.6) is 0 Å². The van der Waals surface area contributed by atoms with E-state index in [1.165, 1.54) is 17.5 Å². The molecule has 2 aliphatic rings. The van der Waals surface area contributed by atoms with Crippen LogP contribution in [0.2, 0.25) is 0 Å². The molecule has 1 heteroatoms. The van der Waals surface area contributed by atoms with E-state index in [-0.39, 0.29) is 0 Å². The van der Waals surface area contributed by atoms with Crippen molar-refractivity contribution in [2.24, 2.45) is 5.92 Å². The molecule has 1 aromatic carbocycles. The standard InChI is InChI=1S/C12H10O/c13-7-9-5-8-3-1-2-4-10(8)12-6-11(9)12/h1-5,7,11-12H,6H2. The van der Waals surface area contributed by atoms with Crippen molar-refractivity contribution in [2.75, 3.05) is 0 Å². The summed E-state index contributed by atoms with van der Waals surface area (Å²) in [5.74, 6) is 1.17. The van der Waals surface area contributed by atoms with Gasteiger partial charge in [0.2, 0.25) is 0 Å². The van der Waals surface area contributed by atoms with Crippen molar-refractivity contribution in [1.29, 1.82) is 0 Å². The molecule has 0 N–H and O–H groups in total. The zero-order chi connectivity index (χ0) is 8.84. The number of carbonyl (C=O) groups excluding carboxylic acids is 1. The Morgan fingerprint density at radius 1 is 1.23 bits per heavy atom. The molecule has 0 aliphatic heterocycles. The first kappa shape index (κ1) is 7.07. The van der Waals surface area contributed by atoms with Gasteiger partial charge in [-0.25, -0.2) is 0 Å². The number of carbonyl (C=O) groups is 1. The van der Waals surface area contributed by atoms with Crippen molar-refractivity contribution in [3.05, 3.63) is 41.0 Å². The van der Waals surface area contributed by atoms with E-state index >= 15 is 0 Å². The Bertz CT molecular complexity index is 403. The number of hydrogen-bond acceptors (Lipinski definition) is 1. The molecule has 0 heterocycles. The summed E-state index contributed by atoms with van der Waals surface area (Å²) in [6.07, 6.45) is 4.22. The molecule has 1 aromatic rings. The highest BCUT2D eigenvalue weighted by Gasteiger charge is 2.43. The van der Waals surface area contributed by atoms with Gasteiger partial charge in [-0.15, -0.1) is 0 Å². The third-order valence-corrected chi connectivity index (χ3v) is 3.07. The van der Waals surface area contributed by atoms with E-state index in [0.29, 0.717) is 11.8 Å². The predicted octanol–water partition coefficient (Wildman–Crippen LogP) is 2.39. The van der Waals surface area contributed by atoms with E-state index in [4.69, 9.17) is 0 Å². The van der Waals surface area contributed by atoms with Crippen molar-refractivity contribution in [3.63, 3.8) is 0 Å². The molecule has 1 saturated carbocycles. The van der Waals surface area contributed by atoms with Crippen molar-refractivity contribution < 1.29 is 4.79 Å². The molecule has 1 fully saturated rings. The summed E-state index contributed by atoms with van der Waals surface area (Å²) in [6, 6.07) is 8.37. The van der Waals surface area contributed by atoms with E-state index < -0.39 is 0 Å². The SMILES string of the molecule is O=CC1=Cc2ccccc2C2CC12. The van der Waals surface area contributed by atoms with E-state index in [1.54, 1.807) is 0 Å². The van der Waals surface area contributed by atoms with Gasteiger partial charge < -0.3 is 0 Å². The Balaban J connectivity index is 2.19. The minimum atomic E-state index is 0.535. The van der Waals surface area contributed by atoms with Gasteiger partial charge in [-0.1, -0.05) is 24.3 Å². The van der Waals surface area contributed by atoms with Crippen LogP contribution in [0.25, 0.3) is 6.08 Å². The molecule has 0 radical (unpaired) electrons. The van der Waals surface area contributed by atoms with Crippen molar-refractivity contribution in [2.45, 2.75) is 12.3 Å². The van der Waals surface area contributed by atoms with Gasteiger partial charge in [0.05, 0.1) is 0 Å². The minimum Gasteiger partial charge on any atom is -0.298 e. The average molecular weight is 170 g/mol. The lowest BCUT2D eigenvalue weighted by atomic mass is 9.93. The Morgan fingerprint density at radius 2 is 2.08 bits per heavy atom. The quantitative estimate of drug-likeness (QED) is 0.591. The lowest BCUT2D eigenvalue weighted by molar-refractivity contribution is -0.105. The molecule has 0 bridgehead atoms. The van der Waals surface area contributed by atoms with Gasteiger partial charge in [0.15, 0.2) is 0 Å². The molecular formula is C12H10O. The van der Waals surface area contributed by atoms with Gasteiger partial charge >= 0.3 is 0 Å². The molecule has 1 nitrogen and oxygen atoms in total. The Hall–Kier alpha value is -1.37. The fourth-order valence-electron chi connectivity index (χ4n) is 2.30. The summed E-state index contributed by atoms with van der Waals surface area (Å²) in [7, 11) is 0. The maximum atomic E-state index is 10.7. The molecule has 3 rings (SSSR count). The number of hydrogen-bond donors (Lipinski definition) is 0. The summed E-state index contributed by atoms with van der Waals surface area (Å²) in [5.41, 5.74) is 3.66. The third kappa shape index (κ3) is 0.902. The lowest BCUT2D eigenvalue weighted by Crippen LogP contribution is -1.98. The second kappa shape index (κ2) is 2.32. The molecule has 0 aromatic heterocycles. The summed E-state index contributed by atoms with van der Waals surface area (Å²) in [6.45, 7) is 0. The van der Waals surface area contributed by atoms with Crippen LogP contribution >= 0.6 is 0 Å². The van der Waals surface area contributed by atoms with Crippen LogP contribution in [0.3, 0.4) is 0 Å². The van der Waals surface area contributed by atoms with Gasteiger partial charge in [-0.3, -0.25) is 4.79 Å². The second-order valence-corrected chi connectivity index (χ2v) is 3.84. The van der Waals surface area contributed by atoms with Crippen molar-refractivity contribution >= 4 is 12.4 Å². The Kier molecular flexibility index (Phi) is 1.26. The maximum Gasteiger partial charge on any atom is 0.146 e. The smallest absolute Gasteiger partial charge is 0.146 e. The van der Waals surface area contributed by atoms with E-state index in [1.807, 2.05) is 12.1 Å². The number of allylic oxidation sites excluding steroid dienone is 1. The van der Waals surface area contributed by atoms with Crippen LogP contribution in [-0.4, -0.2) is 6.29 Å². The maximum absolute atomic E-state index is 10.7. The van der Waals surface area contributed by atoms with Crippen LogP contribution in [0.1, 0.15) is 23.5 Å². The minimum absolute atomic E-state index is 0.535. The predicted molar refractivity (Wildman–Crippen MR) is 51.3 cm³/mol. The monoisotopic (exact) mass is 170 g/mol. The zero-order valence-corrected chi connectivity index (χ0v) is 7.23. The number of rotatable bonds is 1. The normalized spacial score (nSPS) is 28.5. The lowest BCUT2D eigenvalue weighted by Gasteiger charge is -2.11. The topological polar surface area (TPSA) is 17.1 Å². The van der Waals surface area contributed by atoms with Crippen molar-refractivity contribution in [3.8, 4) is 0 Å². The van der Waals surface area contributed by atoms with Crippen LogP contribution in [0, 0.1) is 5.92 Å². The largest absolute Gasteiger partial charge is 0.298 e. The Morgan fingerprint density at radius 3 is 2.92 bits per heavy atom. The molecule has 0 amide bonds. The first-order valence-corrected chi connectivity index (χ1v) is 4.66. The van der Waals surface area contributed by atoms with Gasteiger partial charge in [-0.2, -0.15) is 0 Å². The van der Waals surface area contributed by atoms with E-state index in [0.717, 1.165) is 11.9 Å². The fraction of sp³-hybridized carbons (Fsp3) is 0.250. The number of benzene rings is 1. The van der Waals surface area contributed by atoms with Crippen LogP contribution in [0.4, 0.5) is 0 Å². The third-order valence-electron chi connectivity index (χ3n) is 3.07. The first-order chi connectivity index (χ1) is 6.40. The molecule has 13 heavy (non-hydrogen) atoms. The van der Waals surface area contributed by atoms with Crippen LogP contribution in [0.15, 0.2) is 29.8 Å². The Labute approximate surface area is 77.1 Å². The molecule has 2 aliphatic carbocycles. The summed E-state index contributed by atoms with van der Waals surface area (Å²) < 4.78 is 0. The highest BCUT2D eigenvalue weighted by molar-refractivity contribution is 5.86. The first-order valence-electron chi connectivity index (χ1n) is 4.66. The average Bonchev–Trinajstić information content (AvgIpc) is 2.96. The molecular weight excluding hydrogens is 160 g/mol. The van der Waals surface area contributed by atoms with E-state index in [9.17, 15) is 4.79 Å². The molecule has 64 valence electrons. The summed E-state index contributed by atoms with van der Waals surface area (Å²) in [5, 5.41) is 0. The second-order valence-electron chi connectivity index (χ2n) is 3.84. The van der Waals surface area contributed by atoms with Crippen LogP contribution in [-0.2, 0) is 4.79 Å². The van der Waals surface area contributed by atoms with Gasteiger partial charge in [0, 0.05) is 0 Å². The molecule has 2 unspecified atom stereocenters. The zero-order valence-electron chi connectivity index (χ0n) is 7.23. The molecule has 2 atom stereocenters. The van der Waals surface area contributed by atoms with Gasteiger partial charge in [0.1, 0.15) is 6.29 Å². The van der Waals surface area contributed by atoms with Crippen molar-refractivity contribution in [1.82, 2.24) is 0 Å². The molecule has 0 saturated heterocycles. The van der Waals surface area contributed by atoms with Gasteiger partial charge in [0.25, 0.3) is 0 Å². The van der Waals surface area contributed by atoms with Gasteiger partial charge in [-0.05, 0) is 41.0 Å². The number of fused-ring (bicyclic) bond motifs is 3. The van der Waals surface area contributed by atoms with Crippen LogP contribution < -0.4 is 0 Å². The summed E-state index contributed by atoms with van der Waals surface area (Å²) in [4.78, 5) is 10.7. The van der Waals surface area contributed by atoms with E-state index in [2.05, 4.69) is 18.2 Å². The fourth-order valence-corrected chi connectivity index (χ4v) is 2.30. The number of aldehydes is 1. The molecule has 0 spiro atoms. The summed E-state index contributed by atoms with van der Waals surface area (Å²) >= 11 is 0.